The number of anilines is 2. The van der Waals surface area contributed by atoms with Crippen LogP contribution < -0.4 is 10.2 Å². The van der Waals surface area contributed by atoms with Gasteiger partial charge in [-0.05, 0) is 30.2 Å². The van der Waals surface area contributed by atoms with Crippen molar-refractivity contribution in [1.29, 1.82) is 5.26 Å². The van der Waals surface area contributed by atoms with Crippen LogP contribution >= 0.6 is 11.6 Å². The van der Waals surface area contributed by atoms with Crippen molar-refractivity contribution in [2.24, 2.45) is 0 Å². The summed E-state index contributed by atoms with van der Waals surface area (Å²) in [4.78, 5) is 10.5. The Morgan fingerprint density at radius 3 is 2.67 bits per heavy atom. The molecule has 0 atom stereocenters. The molecule has 0 radical (unpaired) electrons. The second-order valence-corrected chi connectivity index (χ2v) is 8.70. The number of piperazine rings is 1. The zero-order valence-corrected chi connectivity index (χ0v) is 16.0. The van der Waals surface area contributed by atoms with Gasteiger partial charge in [0, 0.05) is 44.5 Å². The lowest BCUT2D eigenvalue weighted by Crippen LogP contribution is -2.49. The van der Waals surface area contributed by atoms with Crippen LogP contribution in [0.3, 0.4) is 0 Å². The first kappa shape index (κ1) is 18.0. The van der Waals surface area contributed by atoms with Gasteiger partial charge in [-0.3, -0.25) is 0 Å². The van der Waals surface area contributed by atoms with Crippen LogP contribution in [0.5, 0.6) is 0 Å². The van der Waals surface area contributed by atoms with Crippen molar-refractivity contribution in [3.8, 4) is 6.07 Å². The van der Waals surface area contributed by atoms with Gasteiger partial charge in [-0.25, -0.2) is 18.4 Å². The summed E-state index contributed by atoms with van der Waals surface area (Å²) < 4.78 is 27.4. The Labute approximate surface area is 162 Å². The standard InChI is InChI=1S/C17H17ClN6O2S/c18-16-10-13(11-19)21-17(22-16)23-5-7-24(8-6-23)27(25,26)14-1-2-15-12(9-14)3-4-20-15/h1-2,9-10,20H,3-8H2. The lowest BCUT2D eigenvalue weighted by atomic mass is 10.2. The lowest BCUT2D eigenvalue weighted by Gasteiger charge is -2.34. The Kier molecular flexibility index (Phi) is 4.63. The highest BCUT2D eigenvalue weighted by Crippen LogP contribution is 2.27. The molecule has 10 heteroatoms. The molecule has 0 unspecified atom stereocenters. The molecular weight excluding hydrogens is 388 g/mol. The molecule has 1 fully saturated rings. The van der Waals surface area contributed by atoms with E-state index in [1.807, 2.05) is 17.0 Å². The monoisotopic (exact) mass is 404 g/mol. The first-order chi connectivity index (χ1) is 13.0. The molecule has 8 nitrogen and oxygen atoms in total. The molecule has 4 rings (SSSR count). The van der Waals surface area contributed by atoms with E-state index in [1.165, 1.54) is 10.4 Å². The van der Waals surface area contributed by atoms with Crippen LogP contribution in [0.15, 0.2) is 29.2 Å². The quantitative estimate of drug-likeness (QED) is 0.773. The molecule has 0 aliphatic carbocycles. The third kappa shape index (κ3) is 3.43. The van der Waals surface area contributed by atoms with Crippen molar-refractivity contribution in [2.45, 2.75) is 11.3 Å². The van der Waals surface area contributed by atoms with Crippen molar-refractivity contribution < 1.29 is 8.42 Å². The van der Waals surface area contributed by atoms with E-state index in [0.717, 1.165) is 24.2 Å². The van der Waals surface area contributed by atoms with E-state index in [0.29, 0.717) is 37.0 Å². The van der Waals surface area contributed by atoms with Gasteiger partial charge in [0.2, 0.25) is 16.0 Å². The predicted molar refractivity (Wildman–Crippen MR) is 101 cm³/mol. The van der Waals surface area contributed by atoms with Crippen LogP contribution in [-0.4, -0.2) is 55.4 Å². The van der Waals surface area contributed by atoms with Gasteiger partial charge in [0.1, 0.15) is 16.9 Å². The Bertz CT molecular complexity index is 1030. The predicted octanol–water partition coefficient (Wildman–Crippen LogP) is 1.48. The van der Waals surface area contributed by atoms with Crippen LogP contribution in [0, 0.1) is 11.3 Å². The molecule has 1 aromatic heterocycles. The number of aromatic nitrogens is 2. The lowest BCUT2D eigenvalue weighted by molar-refractivity contribution is 0.382. The van der Waals surface area contributed by atoms with Gasteiger partial charge in [-0.15, -0.1) is 0 Å². The van der Waals surface area contributed by atoms with Crippen molar-refractivity contribution in [3.05, 3.63) is 40.7 Å². The first-order valence-corrected chi connectivity index (χ1v) is 10.4. The summed E-state index contributed by atoms with van der Waals surface area (Å²) in [6, 6.07) is 8.59. The van der Waals surface area contributed by atoms with E-state index in [-0.39, 0.29) is 10.8 Å². The Morgan fingerprint density at radius 1 is 1.15 bits per heavy atom. The number of hydrogen-bond donors (Lipinski definition) is 1. The van der Waals surface area contributed by atoms with E-state index in [2.05, 4.69) is 15.3 Å². The van der Waals surface area contributed by atoms with Crippen LogP contribution in [0.4, 0.5) is 11.6 Å². The fourth-order valence-electron chi connectivity index (χ4n) is 3.32. The normalized spacial score (nSPS) is 17.3. The Hall–Kier alpha value is -2.41. The molecule has 0 spiro atoms. The highest BCUT2D eigenvalue weighted by molar-refractivity contribution is 7.89. The van der Waals surface area contributed by atoms with Crippen LogP contribution in [0.25, 0.3) is 0 Å². The van der Waals surface area contributed by atoms with Crippen LogP contribution in [0.2, 0.25) is 5.15 Å². The molecule has 1 saturated heterocycles. The number of benzene rings is 1. The molecule has 27 heavy (non-hydrogen) atoms. The number of nitrogens with zero attached hydrogens (tertiary/aromatic N) is 5. The maximum absolute atomic E-state index is 13.0. The Morgan fingerprint density at radius 2 is 1.93 bits per heavy atom. The van der Waals surface area contributed by atoms with Gasteiger partial charge < -0.3 is 10.2 Å². The molecule has 0 saturated carbocycles. The van der Waals surface area contributed by atoms with E-state index >= 15 is 0 Å². The molecule has 2 aliphatic rings. The number of nitrogens with one attached hydrogen (secondary N) is 1. The summed E-state index contributed by atoms with van der Waals surface area (Å²) in [5, 5.41) is 12.4. The minimum Gasteiger partial charge on any atom is -0.384 e. The highest BCUT2D eigenvalue weighted by atomic mass is 35.5. The van der Waals surface area contributed by atoms with Gasteiger partial charge in [-0.2, -0.15) is 9.57 Å². The summed E-state index contributed by atoms with van der Waals surface area (Å²) in [5.74, 6) is 0.347. The van der Waals surface area contributed by atoms with Crippen LogP contribution in [0.1, 0.15) is 11.3 Å². The van der Waals surface area contributed by atoms with Crippen molar-refractivity contribution in [1.82, 2.24) is 14.3 Å². The molecule has 2 aromatic rings. The van der Waals surface area contributed by atoms with E-state index in [4.69, 9.17) is 16.9 Å². The van der Waals surface area contributed by atoms with Gasteiger partial charge in [-0.1, -0.05) is 11.6 Å². The summed E-state index contributed by atoms with van der Waals surface area (Å²) in [6.07, 6.45) is 0.833. The summed E-state index contributed by atoms with van der Waals surface area (Å²) in [5.41, 5.74) is 2.23. The second kappa shape index (κ2) is 6.96. The summed E-state index contributed by atoms with van der Waals surface area (Å²) >= 11 is 5.94. The highest BCUT2D eigenvalue weighted by Gasteiger charge is 2.30. The SMILES string of the molecule is N#Cc1cc(Cl)nc(N2CCN(S(=O)(=O)c3ccc4c(c3)CCN4)CC2)n1. The number of nitriles is 1. The average Bonchev–Trinajstić information content (AvgIpc) is 3.15. The summed E-state index contributed by atoms with van der Waals surface area (Å²) in [6.45, 7) is 2.32. The molecule has 0 bridgehead atoms. The third-order valence-electron chi connectivity index (χ3n) is 4.74. The van der Waals surface area contributed by atoms with E-state index in [9.17, 15) is 8.42 Å². The molecule has 0 amide bonds. The molecule has 3 heterocycles. The number of fused-ring (bicyclic) bond motifs is 1. The molecule has 140 valence electrons. The minimum atomic E-state index is -3.55. The molecule has 2 aliphatic heterocycles. The zero-order chi connectivity index (χ0) is 19.0. The Balaban J connectivity index is 1.50. The fourth-order valence-corrected chi connectivity index (χ4v) is 4.98. The van der Waals surface area contributed by atoms with Gasteiger partial charge in [0.15, 0.2) is 0 Å². The smallest absolute Gasteiger partial charge is 0.243 e. The topological polar surface area (TPSA) is 102 Å². The number of hydrogen-bond acceptors (Lipinski definition) is 7. The molecule has 1 N–H and O–H groups in total. The maximum atomic E-state index is 13.0. The maximum Gasteiger partial charge on any atom is 0.243 e. The third-order valence-corrected chi connectivity index (χ3v) is 6.83. The van der Waals surface area contributed by atoms with Gasteiger partial charge in [0.05, 0.1) is 4.90 Å². The van der Waals surface area contributed by atoms with Gasteiger partial charge in [0.25, 0.3) is 0 Å². The number of halogens is 1. The summed E-state index contributed by atoms with van der Waals surface area (Å²) in [7, 11) is -3.55. The van der Waals surface area contributed by atoms with Crippen molar-refractivity contribution in [2.75, 3.05) is 42.9 Å². The number of rotatable bonds is 3. The first-order valence-electron chi connectivity index (χ1n) is 8.54. The zero-order valence-electron chi connectivity index (χ0n) is 14.4. The van der Waals surface area contributed by atoms with Gasteiger partial charge >= 0.3 is 0 Å². The average molecular weight is 405 g/mol. The van der Waals surface area contributed by atoms with Crippen LogP contribution in [-0.2, 0) is 16.4 Å². The van der Waals surface area contributed by atoms with E-state index in [1.54, 1.807) is 12.1 Å². The van der Waals surface area contributed by atoms with E-state index < -0.39 is 10.0 Å². The minimum absolute atomic E-state index is 0.187. The van der Waals surface area contributed by atoms with Crippen molar-refractivity contribution >= 4 is 33.3 Å². The number of sulfonamides is 1. The van der Waals surface area contributed by atoms with Crippen molar-refractivity contribution in [3.63, 3.8) is 0 Å². The molecular formula is C17H17ClN6O2S. The molecule has 1 aromatic carbocycles. The fraction of sp³-hybridized carbons (Fsp3) is 0.353. The second-order valence-electron chi connectivity index (χ2n) is 6.37. The largest absolute Gasteiger partial charge is 0.384 e.